The van der Waals surface area contributed by atoms with Gasteiger partial charge >= 0.3 is 0 Å². The Morgan fingerprint density at radius 2 is 1.92 bits per heavy atom. The summed E-state index contributed by atoms with van der Waals surface area (Å²) < 4.78 is 8.51. The third-order valence-corrected chi connectivity index (χ3v) is 5.19. The zero-order valence-electron chi connectivity index (χ0n) is 11.9. The van der Waals surface area contributed by atoms with Crippen molar-refractivity contribution in [2.75, 3.05) is 6.61 Å². The number of aromatic hydroxyl groups is 1. The van der Waals surface area contributed by atoms with Gasteiger partial charge in [0.15, 0.2) is 6.61 Å². The maximum absolute atomic E-state index is 11.8. The highest BCUT2D eigenvalue weighted by Gasteiger charge is 2.10. The van der Waals surface area contributed by atoms with Crippen molar-refractivity contribution in [3.8, 4) is 11.5 Å². The first-order valence-corrected chi connectivity index (χ1v) is 9.90. The average molecular weight is 633 g/mol. The van der Waals surface area contributed by atoms with Gasteiger partial charge in [0.1, 0.15) is 11.5 Å². The molecule has 0 saturated heterocycles. The van der Waals surface area contributed by atoms with E-state index in [-0.39, 0.29) is 18.3 Å². The molecule has 0 bridgehead atoms. The van der Waals surface area contributed by atoms with Gasteiger partial charge in [0.25, 0.3) is 5.91 Å². The predicted octanol–water partition coefficient (Wildman–Crippen LogP) is 4.81. The predicted molar refractivity (Wildman–Crippen MR) is 112 cm³/mol. The Kier molecular flexibility index (Phi) is 7.51. The smallest absolute Gasteiger partial charge is 0.277 e. The standard InChI is InChI=1S/C15H10Br3IN2O3/c16-9-4-10(17)15(11(18)5-9)24-7-14(23)21-20-6-8-1-2-13(22)12(19)3-8/h1-6,22H,7H2,(H,21,23)/b20-6-. The summed E-state index contributed by atoms with van der Waals surface area (Å²) in [4.78, 5) is 11.8. The molecule has 0 radical (unpaired) electrons. The van der Waals surface area contributed by atoms with Gasteiger partial charge in [-0.05, 0) is 90.3 Å². The van der Waals surface area contributed by atoms with Crippen LogP contribution in [0.5, 0.6) is 11.5 Å². The second-order valence-electron chi connectivity index (χ2n) is 4.49. The summed E-state index contributed by atoms with van der Waals surface area (Å²) in [5.41, 5.74) is 3.15. The van der Waals surface area contributed by atoms with Crippen molar-refractivity contribution >= 4 is 82.5 Å². The molecule has 0 spiro atoms. The van der Waals surface area contributed by atoms with Gasteiger partial charge in [-0.2, -0.15) is 5.10 Å². The summed E-state index contributed by atoms with van der Waals surface area (Å²) in [6, 6.07) is 8.65. The summed E-state index contributed by atoms with van der Waals surface area (Å²) in [7, 11) is 0. The molecule has 0 unspecified atom stereocenters. The molecule has 24 heavy (non-hydrogen) atoms. The lowest BCUT2D eigenvalue weighted by molar-refractivity contribution is -0.123. The summed E-state index contributed by atoms with van der Waals surface area (Å²) >= 11 is 12.1. The van der Waals surface area contributed by atoms with E-state index in [1.165, 1.54) is 6.21 Å². The lowest BCUT2D eigenvalue weighted by atomic mass is 10.2. The van der Waals surface area contributed by atoms with Crippen molar-refractivity contribution < 1.29 is 14.6 Å². The van der Waals surface area contributed by atoms with Crippen LogP contribution in [0.15, 0.2) is 48.9 Å². The number of rotatable bonds is 5. The van der Waals surface area contributed by atoms with E-state index < -0.39 is 0 Å². The van der Waals surface area contributed by atoms with E-state index in [1.54, 1.807) is 18.2 Å². The summed E-state index contributed by atoms with van der Waals surface area (Å²) in [6.45, 7) is -0.177. The second-order valence-corrected chi connectivity index (χ2v) is 8.28. The Hall–Kier alpha value is -0.650. The minimum Gasteiger partial charge on any atom is -0.507 e. The highest BCUT2D eigenvalue weighted by Crippen LogP contribution is 2.36. The van der Waals surface area contributed by atoms with Crippen LogP contribution >= 0.6 is 70.4 Å². The molecule has 2 rings (SSSR count). The molecular formula is C15H10Br3IN2O3. The highest BCUT2D eigenvalue weighted by atomic mass is 127. The third-order valence-electron chi connectivity index (χ3n) is 2.69. The van der Waals surface area contributed by atoms with Crippen molar-refractivity contribution in [2.24, 2.45) is 5.10 Å². The largest absolute Gasteiger partial charge is 0.507 e. The lowest BCUT2D eigenvalue weighted by Crippen LogP contribution is -2.24. The fourth-order valence-corrected chi connectivity index (χ4v) is 4.65. The zero-order chi connectivity index (χ0) is 17.7. The Bertz CT molecular complexity index is 777. The number of hydrogen-bond acceptors (Lipinski definition) is 4. The van der Waals surface area contributed by atoms with Gasteiger partial charge in [0.05, 0.1) is 18.7 Å². The maximum atomic E-state index is 11.8. The van der Waals surface area contributed by atoms with Crippen LogP contribution in [0.2, 0.25) is 0 Å². The quantitative estimate of drug-likeness (QED) is 0.283. The van der Waals surface area contributed by atoms with E-state index in [9.17, 15) is 9.90 Å². The van der Waals surface area contributed by atoms with Gasteiger partial charge < -0.3 is 9.84 Å². The minimum atomic E-state index is -0.388. The minimum absolute atomic E-state index is 0.177. The van der Waals surface area contributed by atoms with Crippen LogP contribution in [0.1, 0.15) is 5.56 Å². The van der Waals surface area contributed by atoms with Gasteiger partial charge in [-0.3, -0.25) is 4.79 Å². The molecule has 0 heterocycles. The molecular weight excluding hydrogens is 623 g/mol. The molecule has 2 aromatic carbocycles. The first-order chi connectivity index (χ1) is 11.4. The van der Waals surface area contributed by atoms with E-state index >= 15 is 0 Å². The average Bonchev–Trinajstić information content (AvgIpc) is 2.49. The van der Waals surface area contributed by atoms with Crippen LogP contribution in [0.3, 0.4) is 0 Å². The van der Waals surface area contributed by atoms with E-state index in [4.69, 9.17) is 4.74 Å². The van der Waals surface area contributed by atoms with E-state index in [2.05, 4.69) is 58.3 Å². The van der Waals surface area contributed by atoms with Crippen LogP contribution in [-0.4, -0.2) is 23.8 Å². The number of ether oxygens (including phenoxy) is 1. The number of halogens is 4. The molecule has 126 valence electrons. The number of phenols is 1. The van der Waals surface area contributed by atoms with Gasteiger partial charge in [-0.1, -0.05) is 15.9 Å². The van der Waals surface area contributed by atoms with Crippen molar-refractivity contribution in [3.05, 3.63) is 52.9 Å². The molecule has 1 amide bonds. The van der Waals surface area contributed by atoms with Crippen LogP contribution in [0, 0.1) is 3.57 Å². The first kappa shape index (κ1) is 19.7. The number of benzene rings is 2. The van der Waals surface area contributed by atoms with Gasteiger partial charge in [-0.25, -0.2) is 5.43 Å². The molecule has 0 aliphatic heterocycles. The Labute approximate surface area is 177 Å². The van der Waals surface area contributed by atoms with Crippen LogP contribution in [-0.2, 0) is 4.79 Å². The van der Waals surface area contributed by atoms with Crippen molar-refractivity contribution in [1.82, 2.24) is 5.43 Å². The van der Waals surface area contributed by atoms with Crippen LogP contribution in [0.4, 0.5) is 0 Å². The van der Waals surface area contributed by atoms with E-state index in [0.717, 1.165) is 19.0 Å². The number of carbonyl (C=O) groups is 1. The van der Waals surface area contributed by atoms with Gasteiger partial charge in [0.2, 0.25) is 0 Å². The maximum Gasteiger partial charge on any atom is 0.277 e. The monoisotopic (exact) mass is 630 g/mol. The van der Waals surface area contributed by atoms with Crippen molar-refractivity contribution in [3.63, 3.8) is 0 Å². The van der Waals surface area contributed by atoms with Crippen LogP contribution < -0.4 is 10.2 Å². The zero-order valence-corrected chi connectivity index (χ0v) is 18.8. The molecule has 0 saturated carbocycles. The highest BCUT2D eigenvalue weighted by molar-refractivity contribution is 14.1. The fourth-order valence-electron chi connectivity index (χ4n) is 1.62. The Morgan fingerprint density at radius 1 is 1.25 bits per heavy atom. The summed E-state index contributed by atoms with van der Waals surface area (Å²) in [5.74, 6) is 0.350. The van der Waals surface area contributed by atoms with Gasteiger partial charge in [0, 0.05) is 4.47 Å². The third kappa shape index (κ3) is 5.71. The number of amides is 1. The molecule has 9 heteroatoms. The van der Waals surface area contributed by atoms with E-state index in [1.807, 2.05) is 34.7 Å². The summed E-state index contributed by atoms with van der Waals surface area (Å²) in [5, 5.41) is 13.3. The number of nitrogens with one attached hydrogen (secondary N) is 1. The topological polar surface area (TPSA) is 70.9 Å². The number of nitrogens with zero attached hydrogens (tertiary/aromatic N) is 1. The normalized spacial score (nSPS) is 10.8. The molecule has 0 aliphatic rings. The molecule has 2 N–H and O–H groups in total. The number of hydrogen-bond donors (Lipinski definition) is 2. The fraction of sp³-hybridized carbons (Fsp3) is 0.0667. The second kappa shape index (κ2) is 9.16. The van der Waals surface area contributed by atoms with Crippen LogP contribution in [0.25, 0.3) is 0 Å². The SMILES string of the molecule is O=C(COc1c(Br)cc(Br)cc1Br)N/N=C\c1ccc(O)c(I)c1. The van der Waals surface area contributed by atoms with E-state index in [0.29, 0.717) is 9.32 Å². The molecule has 0 aliphatic carbocycles. The first-order valence-electron chi connectivity index (χ1n) is 6.44. The molecule has 0 aromatic heterocycles. The molecule has 5 nitrogen and oxygen atoms in total. The van der Waals surface area contributed by atoms with Crippen molar-refractivity contribution in [2.45, 2.75) is 0 Å². The molecule has 0 fully saturated rings. The number of phenolic OH excluding ortho intramolecular Hbond substituents is 1. The van der Waals surface area contributed by atoms with Gasteiger partial charge in [-0.15, -0.1) is 0 Å². The number of carbonyl (C=O) groups excluding carboxylic acids is 1. The molecule has 2 aromatic rings. The lowest BCUT2D eigenvalue weighted by Gasteiger charge is -2.09. The Morgan fingerprint density at radius 3 is 2.54 bits per heavy atom. The molecule has 0 atom stereocenters. The summed E-state index contributed by atoms with van der Waals surface area (Å²) in [6.07, 6.45) is 1.49. The number of hydrazone groups is 1. The van der Waals surface area contributed by atoms with Crippen molar-refractivity contribution in [1.29, 1.82) is 0 Å². The Balaban J connectivity index is 1.90.